The fourth-order valence-electron chi connectivity index (χ4n) is 1.71. The van der Waals surface area contributed by atoms with Crippen LogP contribution >= 0.6 is 0 Å². The number of hydrogen-bond donors (Lipinski definition) is 2. The molecule has 4 nitrogen and oxygen atoms in total. The summed E-state index contributed by atoms with van der Waals surface area (Å²) in [7, 11) is 0. The third-order valence-corrected chi connectivity index (χ3v) is 3.42. The van der Waals surface area contributed by atoms with Crippen LogP contribution < -0.4 is 10.6 Å². The van der Waals surface area contributed by atoms with Gasteiger partial charge < -0.3 is 10.6 Å². The molecular weight excluding hydrogens is 250 g/mol. The lowest BCUT2D eigenvalue weighted by Crippen LogP contribution is -2.36. The summed E-state index contributed by atoms with van der Waals surface area (Å²) in [6.07, 6.45) is 0. The number of amides is 1. The van der Waals surface area contributed by atoms with E-state index in [2.05, 4.69) is 43.3 Å². The maximum atomic E-state index is 12.3. The van der Waals surface area contributed by atoms with Gasteiger partial charge in [0.15, 0.2) is 0 Å². The van der Waals surface area contributed by atoms with Gasteiger partial charge in [-0.15, -0.1) is 0 Å². The first kappa shape index (κ1) is 16.5. The smallest absolute Gasteiger partial charge is 0.251 e. The van der Waals surface area contributed by atoms with Gasteiger partial charge in [0, 0.05) is 23.8 Å². The number of nitrogens with zero attached hydrogens (tertiary/aromatic N) is 1. The quantitative estimate of drug-likeness (QED) is 0.837. The Balaban J connectivity index is 3.00. The van der Waals surface area contributed by atoms with Crippen LogP contribution in [0.5, 0.6) is 0 Å². The Labute approximate surface area is 122 Å². The third kappa shape index (κ3) is 4.51. The predicted molar refractivity (Wildman–Crippen MR) is 84.3 cm³/mol. The van der Waals surface area contributed by atoms with E-state index < -0.39 is 0 Å². The summed E-state index contributed by atoms with van der Waals surface area (Å²) in [5.74, 6) is 1.44. The van der Waals surface area contributed by atoms with Gasteiger partial charge in [-0.25, -0.2) is 4.98 Å². The van der Waals surface area contributed by atoms with Gasteiger partial charge in [0.25, 0.3) is 5.91 Å². The molecule has 0 spiro atoms. The van der Waals surface area contributed by atoms with E-state index in [1.54, 1.807) is 0 Å². The number of anilines is 1. The molecule has 1 aromatic rings. The van der Waals surface area contributed by atoms with Crippen LogP contribution in [0.25, 0.3) is 0 Å². The predicted octanol–water partition coefficient (Wildman–Crippen LogP) is 3.41. The molecule has 1 rings (SSSR count). The van der Waals surface area contributed by atoms with E-state index in [1.165, 1.54) is 0 Å². The number of aromatic nitrogens is 1. The van der Waals surface area contributed by atoms with Gasteiger partial charge in [-0.2, -0.15) is 0 Å². The number of pyridine rings is 1. The van der Waals surface area contributed by atoms with Crippen LogP contribution in [0.2, 0.25) is 0 Å². The minimum absolute atomic E-state index is 0.0327. The molecular formula is C16H27N3O. The zero-order chi connectivity index (χ0) is 15.3. The summed E-state index contributed by atoms with van der Waals surface area (Å²) in [6, 6.07) is 3.85. The molecule has 0 aromatic carbocycles. The molecule has 0 radical (unpaired) electrons. The van der Waals surface area contributed by atoms with Crippen LogP contribution in [0.3, 0.4) is 0 Å². The second kappa shape index (κ2) is 7.27. The Bertz CT molecular complexity index is 455. The number of carbonyl (C=O) groups is 1. The van der Waals surface area contributed by atoms with Crippen molar-refractivity contribution < 1.29 is 4.79 Å². The fourth-order valence-corrected chi connectivity index (χ4v) is 1.71. The van der Waals surface area contributed by atoms with E-state index in [-0.39, 0.29) is 11.9 Å². The molecule has 0 saturated carbocycles. The van der Waals surface area contributed by atoms with Crippen molar-refractivity contribution in [1.29, 1.82) is 0 Å². The summed E-state index contributed by atoms with van der Waals surface area (Å²) >= 11 is 0. The summed E-state index contributed by atoms with van der Waals surface area (Å²) in [5, 5.41) is 6.22. The minimum atomic E-state index is -0.0327. The first-order valence-corrected chi connectivity index (χ1v) is 7.41. The zero-order valence-corrected chi connectivity index (χ0v) is 13.4. The van der Waals surface area contributed by atoms with Gasteiger partial charge in [0.1, 0.15) is 5.82 Å². The molecule has 0 aliphatic carbocycles. The first-order chi connectivity index (χ1) is 9.35. The van der Waals surface area contributed by atoms with Crippen molar-refractivity contribution in [2.24, 2.45) is 5.92 Å². The summed E-state index contributed by atoms with van der Waals surface area (Å²) in [5.41, 5.74) is 1.61. The van der Waals surface area contributed by atoms with Crippen molar-refractivity contribution in [2.75, 3.05) is 11.9 Å². The Morgan fingerprint density at radius 1 is 1.20 bits per heavy atom. The van der Waals surface area contributed by atoms with Crippen LogP contribution in [0.1, 0.15) is 63.5 Å². The van der Waals surface area contributed by atoms with Crippen LogP contribution in [0.4, 0.5) is 5.82 Å². The van der Waals surface area contributed by atoms with Crippen LogP contribution in [0, 0.1) is 5.92 Å². The first-order valence-electron chi connectivity index (χ1n) is 7.41. The van der Waals surface area contributed by atoms with E-state index >= 15 is 0 Å². The average molecular weight is 277 g/mol. The van der Waals surface area contributed by atoms with E-state index in [1.807, 2.05) is 26.0 Å². The lowest BCUT2D eigenvalue weighted by atomic mass is 10.0. The summed E-state index contributed by atoms with van der Waals surface area (Å²) in [4.78, 5) is 16.9. The molecule has 1 aromatic heterocycles. The fraction of sp³-hybridized carbons (Fsp3) is 0.625. The third-order valence-electron chi connectivity index (χ3n) is 3.42. The highest BCUT2D eigenvalue weighted by atomic mass is 16.1. The highest BCUT2D eigenvalue weighted by Crippen LogP contribution is 2.18. The molecule has 2 N–H and O–H groups in total. The standard InChI is InChI=1S/C16H27N3O/c1-7-17-15-9-13(8-14(19-15)11(4)5)16(20)18-12(6)10(2)3/h8-12H,7H2,1-6H3,(H,17,19)(H,18,20). The number of hydrogen-bond acceptors (Lipinski definition) is 3. The van der Waals surface area contributed by atoms with E-state index in [4.69, 9.17) is 0 Å². The summed E-state index contributed by atoms with van der Waals surface area (Å²) < 4.78 is 0. The molecule has 1 atom stereocenters. The number of carbonyl (C=O) groups excluding carboxylic acids is 1. The average Bonchev–Trinajstić information content (AvgIpc) is 2.38. The van der Waals surface area contributed by atoms with E-state index in [0.29, 0.717) is 17.4 Å². The molecule has 0 saturated heterocycles. The molecule has 4 heteroatoms. The topological polar surface area (TPSA) is 54.0 Å². The van der Waals surface area contributed by atoms with Gasteiger partial charge in [-0.3, -0.25) is 4.79 Å². The minimum Gasteiger partial charge on any atom is -0.370 e. The molecule has 1 amide bonds. The second-order valence-electron chi connectivity index (χ2n) is 5.86. The van der Waals surface area contributed by atoms with E-state index in [0.717, 1.165) is 18.1 Å². The maximum absolute atomic E-state index is 12.3. The van der Waals surface area contributed by atoms with Gasteiger partial charge in [0.2, 0.25) is 0 Å². The number of nitrogens with one attached hydrogen (secondary N) is 2. The second-order valence-corrected chi connectivity index (χ2v) is 5.86. The van der Waals surface area contributed by atoms with Gasteiger partial charge >= 0.3 is 0 Å². The molecule has 20 heavy (non-hydrogen) atoms. The van der Waals surface area contributed by atoms with E-state index in [9.17, 15) is 4.79 Å². The molecule has 0 bridgehead atoms. The molecule has 0 aliphatic heterocycles. The molecule has 0 aliphatic rings. The van der Waals surface area contributed by atoms with Gasteiger partial charge in [-0.05, 0) is 37.8 Å². The van der Waals surface area contributed by atoms with Gasteiger partial charge in [-0.1, -0.05) is 27.7 Å². The van der Waals surface area contributed by atoms with Crippen molar-refractivity contribution in [3.8, 4) is 0 Å². The van der Waals surface area contributed by atoms with Gasteiger partial charge in [0.05, 0.1) is 0 Å². The lowest BCUT2D eigenvalue weighted by Gasteiger charge is -2.18. The lowest BCUT2D eigenvalue weighted by molar-refractivity contribution is 0.0930. The highest BCUT2D eigenvalue weighted by molar-refractivity contribution is 5.95. The Morgan fingerprint density at radius 2 is 1.85 bits per heavy atom. The van der Waals surface area contributed by atoms with Crippen molar-refractivity contribution in [3.05, 3.63) is 23.4 Å². The van der Waals surface area contributed by atoms with Crippen molar-refractivity contribution >= 4 is 11.7 Å². The Hall–Kier alpha value is -1.58. The largest absolute Gasteiger partial charge is 0.370 e. The Kier molecular flexibility index (Phi) is 5.99. The molecule has 1 unspecified atom stereocenters. The van der Waals surface area contributed by atoms with Crippen molar-refractivity contribution in [2.45, 2.75) is 53.5 Å². The van der Waals surface area contributed by atoms with Crippen molar-refractivity contribution in [3.63, 3.8) is 0 Å². The Morgan fingerprint density at radius 3 is 2.35 bits per heavy atom. The number of rotatable bonds is 6. The highest BCUT2D eigenvalue weighted by Gasteiger charge is 2.15. The zero-order valence-electron chi connectivity index (χ0n) is 13.4. The summed E-state index contributed by atoms with van der Waals surface area (Å²) in [6.45, 7) is 13.2. The SMILES string of the molecule is CCNc1cc(C(=O)NC(C)C(C)C)cc(C(C)C)n1. The normalized spacial score (nSPS) is 12.6. The van der Waals surface area contributed by atoms with Crippen LogP contribution in [0.15, 0.2) is 12.1 Å². The molecule has 112 valence electrons. The molecule has 0 fully saturated rings. The molecule has 1 heterocycles. The van der Waals surface area contributed by atoms with Crippen LogP contribution in [-0.2, 0) is 0 Å². The van der Waals surface area contributed by atoms with Crippen molar-refractivity contribution in [1.82, 2.24) is 10.3 Å². The van der Waals surface area contributed by atoms with Crippen LogP contribution in [-0.4, -0.2) is 23.5 Å². The monoisotopic (exact) mass is 277 g/mol. The maximum Gasteiger partial charge on any atom is 0.251 e.